The van der Waals surface area contributed by atoms with Gasteiger partial charge in [-0.25, -0.2) is 9.50 Å². The Labute approximate surface area is 165 Å². The molecule has 5 N–H and O–H groups in total. The van der Waals surface area contributed by atoms with Crippen LogP contribution in [0.2, 0.25) is 0 Å². The van der Waals surface area contributed by atoms with Gasteiger partial charge in [0.15, 0.2) is 5.65 Å². The van der Waals surface area contributed by atoms with Crippen LogP contribution in [-0.4, -0.2) is 27.2 Å². The molecule has 0 spiro atoms. The first kappa shape index (κ1) is 18.6. The molecule has 3 aromatic rings. The van der Waals surface area contributed by atoms with Crippen LogP contribution in [0.1, 0.15) is 49.8 Å². The zero-order valence-corrected chi connectivity index (χ0v) is 16.5. The van der Waals surface area contributed by atoms with Crippen molar-refractivity contribution in [1.82, 2.24) is 14.6 Å². The van der Waals surface area contributed by atoms with E-state index in [1.807, 2.05) is 48.8 Å². The minimum Gasteiger partial charge on any atom is -0.494 e. The summed E-state index contributed by atoms with van der Waals surface area (Å²) in [5.41, 5.74) is 17.3. The van der Waals surface area contributed by atoms with Crippen LogP contribution in [0.15, 0.2) is 30.5 Å². The van der Waals surface area contributed by atoms with Gasteiger partial charge in [-0.2, -0.15) is 0 Å². The Kier molecular flexibility index (Phi) is 5.09. The molecule has 1 fully saturated rings. The normalized spacial score (nSPS) is 19.7. The maximum atomic E-state index is 6.45. The lowest BCUT2D eigenvalue weighted by Crippen LogP contribution is -2.26. The van der Waals surface area contributed by atoms with E-state index in [1.165, 1.54) is 0 Å². The van der Waals surface area contributed by atoms with E-state index in [-0.39, 0.29) is 6.04 Å². The summed E-state index contributed by atoms with van der Waals surface area (Å²) >= 11 is 0. The first-order valence-corrected chi connectivity index (χ1v) is 9.96. The zero-order chi connectivity index (χ0) is 19.7. The second-order valence-corrected chi connectivity index (χ2v) is 7.50. The van der Waals surface area contributed by atoms with Crippen LogP contribution in [0.4, 0.5) is 17.2 Å². The van der Waals surface area contributed by atoms with Crippen LogP contribution in [0, 0.1) is 6.92 Å². The first-order chi connectivity index (χ1) is 13.6. The number of ether oxygens (including phenoxy) is 1. The summed E-state index contributed by atoms with van der Waals surface area (Å²) in [5.74, 6) is 1.74. The highest BCUT2D eigenvalue weighted by atomic mass is 16.5. The molecule has 148 valence electrons. The quantitative estimate of drug-likeness (QED) is 0.623. The van der Waals surface area contributed by atoms with Crippen molar-refractivity contribution in [2.45, 2.75) is 51.5 Å². The molecule has 7 heteroatoms. The zero-order valence-electron chi connectivity index (χ0n) is 16.5. The van der Waals surface area contributed by atoms with Crippen LogP contribution >= 0.6 is 0 Å². The molecule has 0 aliphatic heterocycles. The molecular weight excluding hydrogens is 352 g/mol. The third-order valence-electron chi connectivity index (χ3n) is 5.50. The number of hydrogen-bond acceptors (Lipinski definition) is 6. The minimum absolute atomic E-state index is 0.283. The Morgan fingerprint density at radius 1 is 1.18 bits per heavy atom. The molecule has 1 aliphatic carbocycles. The Bertz CT molecular complexity index is 957. The van der Waals surface area contributed by atoms with Crippen molar-refractivity contribution in [2.24, 2.45) is 5.73 Å². The molecule has 1 aliphatic rings. The molecule has 7 nitrogen and oxygen atoms in total. The number of imidazole rings is 1. The Morgan fingerprint density at radius 3 is 2.57 bits per heavy atom. The number of anilines is 3. The average molecular weight is 380 g/mol. The molecule has 4 rings (SSSR count). The number of rotatable bonds is 5. The SMILES string of the molecule is CCOc1ccc(Nc2c3ncc(C)n3nc(N)c2[C@H]2CC[C@H](N)CC2)cc1. The monoisotopic (exact) mass is 380 g/mol. The predicted molar refractivity (Wildman–Crippen MR) is 112 cm³/mol. The van der Waals surface area contributed by atoms with Gasteiger partial charge in [-0.05, 0) is 69.7 Å². The van der Waals surface area contributed by atoms with Gasteiger partial charge in [0.25, 0.3) is 0 Å². The van der Waals surface area contributed by atoms with Gasteiger partial charge in [-0.15, -0.1) is 5.10 Å². The summed E-state index contributed by atoms with van der Waals surface area (Å²) < 4.78 is 7.36. The van der Waals surface area contributed by atoms with Gasteiger partial charge in [-0.3, -0.25) is 0 Å². The fraction of sp³-hybridized carbons (Fsp3) is 0.429. The van der Waals surface area contributed by atoms with Gasteiger partial charge in [0, 0.05) is 17.3 Å². The maximum Gasteiger partial charge on any atom is 0.178 e. The third-order valence-corrected chi connectivity index (χ3v) is 5.50. The van der Waals surface area contributed by atoms with Crippen molar-refractivity contribution in [2.75, 3.05) is 17.7 Å². The van der Waals surface area contributed by atoms with Crippen molar-refractivity contribution >= 4 is 22.8 Å². The number of fused-ring (bicyclic) bond motifs is 1. The van der Waals surface area contributed by atoms with Gasteiger partial charge in [-0.1, -0.05) is 0 Å². The summed E-state index contributed by atoms with van der Waals surface area (Å²) in [6.07, 6.45) is 5.87. The van der Waals surface area contributed by atoms with E-state index < -0.39 is 0 Å². The van der Waals surface area contributed by atoms with Crippen molar-refractivity contribution in [3.05, 3.63) is 41.7 Å². The fourth-order valence-corrected chi connectivity index (χ4v) is 4.03. The molecule has 2 heterocycles. The van der Waals surface area contributed by atoms with E-state index >= 15 is 0 Å². The van der Waals surface area contributed by atoms with Crippen molar-refractivity contribution in [3.8, 4) is 5.75 Å². The van der Waals surface area contributed by atoms with E-state index in [0.29, 0.717) is 18.3 Å². The number of benzene rings is 1. The lowest BCUT2D eigenvalue weighted by molar-refractivity contribution is 0.340. The smallest absolute Gasteiger partial charge is 0.178 e. The Balaban J connectivity index is 1.76. The molecule has 0 amide bonds. The number of nitrogen functional groups attached to an aromatic ring is 1. The molecule has 0 unspecified atom stereocenters. The number of nitrogens with one attached hydrogen (secondary N) is 1. The predicted octanol–water partition coefficient (Wildman–Crippen LogP) is 3.75. The molecule has 2 aromatic heterocycles. The molecule has 28 heavy (non-hydrogen) atoms. The summed E-state index contributed by atoms with van der Waals surface area (Å²) in [6.45, 7) is 4.60. The van der Waals surface area contributed by atoms with Crippen molar-refractivity contribution in [3.63, 3.8) is 0 Å². The third kappa shape index (κ3) is 3.49. The van der Waals surface area contributed by atoms with E-state index in [1.54, 1.807) is 0 Å². The van der Waals surface area contributed by atoms with Crippen LogP contribution in [-0.2, 0) is 0 Å². The Morgan fingerprint density at radius 2 is 1.89 bits per heavy atom. The summed E-state index contributed by atoms with van der Waals surface area (Å²) in [4.78, 5) is 4.61. The van der Waals surface area contributed by atoms with Crippen LogP contribution in [0.3, 0.4) is 0 Å². The van der Waals surface area contributed by atoms with Crippen molar-refractivity contribution < 1.29 is 4.74 Å². The van der Waals surface area contributed by atoms with Gasteiger partial charge >= 0.3 is 0 Å². The molecule has 0 atom stereocenters. The van der Waals surface area contributed by atoms with E-state index in [4.69, 9.17) is 16.2 Å². The van der Waals surface area contributed by atoms with E-state index in [2.05, 4.69) is 15.4 Å². The van der Waals surface area contributed by atoms with Crippen LogP contribution < -0.4 is 21.5 Å². The summed E-state index contributed by atoms with van der Waals surface area (Å²) in [7, 11) is 0. The van der Waals surface area contributed by atoms with Crippen molar-refractivity contribution in [1.29, 1.82) is 0 Å². The number of nitrogens with two attached hydrogens (primary N) is 2. The average Bonchev–Trinajstić information content (AvgIpc) is 3.05. The van der Waals surface area contributed by atoms with Gasteiger partial charge in [0.1, 0.15) is 11.6 Å². The molecular formula is C21H28N6O. The van der Waals surface area contributed by atoms with Gasteiger partial charge in [0.2, 0.25) is 0 Å². The second kappa shape index (κ2) is 7.67. The second-order valence-electron chi connectivity index (χ2n) is 7.50. The fourth-order valence-electron chi connectivity index (χ4n) is 4.03. The van der Waals surface area contributed by atoms with Gasteiger partial charge in [0.05, 0.1) is 24.2 Å². The van der Waals surface area contributed by atoms with Gasteiger partial charge < -0.3 is 21.5 Å². The highest BCUT2D eigenvalue weighted by Crippen LogP contribution is 2.41. The van der Waals surface area contributed by atoms with E-state index in [0.717, 1.165) is 59.7 Å². The van der Waals surface area contributed by atoms with Crippen LogP contribution in [0.5, 0.6) is 5.75 Å². The number of nitrogens with zero attached hydrogens (tertiary/aromatic N) is 3. The largest absolute Gasteiger partial charge is 0.494 e. The molecule has 0 radical (unpaired) electrons. The first-order valence-electron chi connectivity index (χ1n) is 9.96. The highest BCUT2D eigenvalue weighted by molar-refractivity contribution is 5.81. The van der Waals surface area contributed by atoms with Crippen LogP contribution in [0.25, 0.3) is 5.65 Å². The number of hydrogen-bond donors (Lipinski definition) is 3. The lowest BCUT2D eigenvalue weighted by Gasteiger charge is -2.29. The maximum absolute atomic E-state index is 6.45. The standard InChI is InChI=1S/C21H28N6O/c1-3-28-17-10-8-16(9-11-17)25-19-18(14-4-6-15(22)7-5-14)20(23)26-27-13(2)12-24-21(19)27/h8-12,14-15,25H,3-7,22H2,1-2H3,(H2,23,26)/t14-,15-. The summed E-state index contributed by atoms with van der Waals surface area (Å²) in [5, 5.41) is 8.17. The highest BCUT2D eigenvalue weighted by Gasteiger charge is 2.27. The number of aryl methyl sites for hydroxylation is 1. The topological polar surface area (TPSA) is 103 Å². The molecule has 1 saturated carbocycles. The Hall–Kier alpha value is -2.80. The minimum atomic E-state index is 0.283. The number of aromatic nitrogens is 3. The summed E-state index contributed by atoms with van der Waals surface area (Å²) in [6, 6.07) is 8.22. The molecule has 0 saturated heterocycles. The molecule has 1 aromatic carbocycles. The lowest BCUT2D eigenvalue weighted by atomic mass is 9.81. The van der Waals surface area contributed by atoms with E-state index in [9.17, 15) is 0 Å². The molecule has 0 bridgehead atoms.